The normalized spacial score (nSPS) is 10.0. The Morgan fingerprint density at radius 3 is 3.20 bits per heavy atom. The largest absolute Gasteiger partial charge is 0.359 e. The SMILES string of the molecule is [c]1[nH]ccc1-c1nccs1. The molecule has 0 amide bonds. The molecule has 10 heavy (non-hydrogen) atoms. The van der Waals surface area contributed by atoms with Gasteiger partial charge in [-0.15, -0.1) is 11.3 Å². The molecule has 2 aromatic rings. The van der Waals surface area contributed by atoms with Crippen molar-refractivity contribution in [1.82, 2.24) is 9.97 Å². The third-order valence-electron chi connectivity index (χ3n) is 1.20. The van der Waals surface area contributed by atoms with Gasteiger partial charge in [-0.1, -0.05) is 0 Å². The van der Waals surface area contributed by atoms with E-state index >= 15 is 0 Å². The summed E-state index contributed by atoms with van der Waals surface area (Å²) in [5, 5.41) is 2.97. The fourth-order valence-corrected chi connectivity index (χ4v) is 1.39. The van der Waals surface area contributed by atoms with Crippen molar-refractivity contribution < 1.29 is 0 Å². The minimum atomic E-state index is 1.02. The summed E-state index contributed by atoms with van der Waals surface area (Å²) in [6.07, 6.45) is 6.60. The van der Waals surface area contributed by atoms with Gasteiger partial charge in [-0.05, 0) is 6.07 Å². The number of aromatic nitrogens is 2. The molecule has 0 fully saturated rings. The second-order valence-electron chi connectivity index (χ2n) is 1.85. The van der Waals surface area contributed by atoms with E-state index in [0.29, 0.717) is 0 Å². The number of thiazole rings is 1. The van der Waals surface area contributed by atoms with Crippen molar-refractivity contribution >= 4 is 11.3 Å². The molecule has 1 radical (unpaired) electrons. The molecule has 2 aromatic heterocycles. The van der Waals surface area contributed by atoms with Crippen LogP contribution in [0.5, 0.6) is 0 Å². The molecule has 0 aliphatic carbocycles. The number of nitrogens with one attached hydrogen (secondary N) is 1. The Labute approximate surface area is 62.6 Å². The minimum Gasteiger partial charge on any atom is -0.359 e. The van der Waals surface area contributed by atoms with E-state index in [2.05, 4.69) is 16.2 Å². The van der Waals surface area contributed by atoms with Gasteiger partial charge in [0, 0.05) is 23.3 Å². The van der Waals surface area contributed by atoms with Gasteiger partial charge in [0.05, 0.1) is 6.20 Å². The summed E-state index contributed by atoms with van der Waals surface area (Å²) < 4.78 is 0. The Balaban J connectivity index is 2.48. The zero-order valence-electron chi connectivity index (χ0n) is 5.16. The van der Waals surface area contributed by atoms with E-state index in [9.17, 15) is 0 Å². The molecule has 0 saturated heterocycles. The molecule has 0 bridgehead atoms. The second kappa shape index (κ2) is 2.27. The molecule has 0 aliphatic rings. The third kappa shape index (κ3) is 0.844. The van der Waals surface area contributed by atoms with Crippen LogP contribution in [0.15, 0.2) is 23.8 Å². The highest BCUT2D eigenvalue weighted by Crippen LogP contribution is 2.19. The van der Waals surface area contributed by atoms with Gasteiger partial charge in [0.25, 0.3) is 0 Å². The van der Waals surface area contributed by atoms with Crippen molar-refractivity contribution in [3.05, 3.63) is 30.0 Å². The molecule has 0 aromatic carbocycles. The van der Waals surface area contributed by atoms with Crippen LogP contribution in [0.2, 0.25) is 0 Å². The van der Waals surface area contributed by atoms with E-state index in [1.54, 1.807) is 17.5 Å². The summed E-state index contributed by atoms with van der Waals surface area (Å²) >= 11 is 1.62. The molecular formula is C7H5N2S. The van der Waals surface area contributed by atoms with Crippen LogP contribution in [0, 0.1) is 6.20 Å². The highest BCUT2D eigenvalue weighted by molar-refractivity contribution is 7.13. The predicted octanol–water partition coefficient (Wildman–Crippen LogP) is 1.94. The summed E-state index contributed by atoms with van der Waals surface area (Å²) in [6.45, 7) is 0. The maximum absolute atomic E-state index is 4.13. The van der Waals surface area contributed by atoms with Crippen molar-refractivity contribution in [2.24, 2.45) is 0 Å². The number of H-pyrrole nitrogens is 1. The van der Waals surface area contributed by atoms with Gasteiger partial charge < -0.3 is 4.98 Å². The molecule has 49 valence electrons. The fraction of sp³-hybridized carbons (Fsp3) is 0. The standard InChI is InChI=1S/C7H5N2S/c1-2-8-5-6(1)7-9-3-4-10-7/h1-4,8H. The third-order valence-corrected chi connectivity index (χ3v) is 2.01. The topological polar surface area (TPSA) is 28.7 Å². The summed E-state index contributed by atoms with van der Waals surface area (Å²) in [5.41, 5.74) is 1.04. The van der Waals surface area contributed by atoms with E-state index in [1.165, 1.54) is 0 Å². The first-order valence-corrected chi connectivity index (χ1v) is 3.80. The van der Waals surface area contributed by atoms with Gasteiger partial charge >= 0.3 is 0 Å². The lowest BCUT2D eigenvalue weighted by Crippen LogP contribution is -1.67. The lowest BCUT2D eigenvalue weighted by atomic mass is 10.4. The molecule has 2 nitrogen and oxygen atoms in total. The second-order valence-corrected chi connectivity index (χ2v) is 2.75. The van der Waals surface area contributed by atoms with Gasteiger partial charge in [0.2, 0.25) is 0 Å². The monoisotopic (exact) mass is 149 g/mol. The van der Waals surface area contributed by atoms with Crippen LogP contribution in [0.1, 0.15) is 0 Å². The molecular weight excluding hydrogens is 144 g/mol. The maximum atomic E-state index is 4.13. The molecule has 0 atom stereocenters. The van der Waals surface area contributed by atoms with Gasteiger partial charge in [0.1, 0.15) is 5.01 Å². The van der Waals surface area contributed by atoms with Crippen LogP contribution in [0.25, 0.3) is 10.6 Å². The van der Waals surface area contributed by atoms with E-state index in [0.717, 1.165) is 10.6 Å². The number of aromatic amines is 1. The first-order valence-electron chi connectivity index (χ1n) is 2.92. The van der Waals surface area contributed by atoms with Crippen molar-refractivity contribution in [2.45, 2.75) is 0 Å². The molecule has 0 saturated carbocycles. The zero-order chi connectivity index (χ0) is 6.81. The van der Waals surface area contributed by atoms with Crippen LogP contribution in [0.3, 0.4) is 0 Å². The fourth-order valence-electron chi connectivity index (χ4n) is 0.767. The van der Waals surface area contributed by atoms with Crippen LogP contribution in [0.4, 0.5) is 0 Å². The highest BCUT2D eigenvalue weighted by Gasteiger charge is 1.98. The van der Waals surface area contributed by atoms with Gasteiger partial charge in [-0.3, -0.25) is 0 Å². The minimum absolute atomic E-state index is 1.02. The molecule has 0 spiro atoms. The number of rotatable bonds is 1. The van der Waals surface area contributed by atoms with E-state index in [1.807, 2.05) is 17.6 Å². The summed E-state index contributed by atoms with van der Waals surface area (Å²) in [6, 6.07) is 1.96. The molecule has 3 heteroatoms. The first-order chi connectivity index (χ1) is 4.97. The number of nitrogens with zero attached hydrogens (tertiary/aromatic N) is 1. The van der Waals surface area contributed by atoms with Gasteiger partial charge in [-0.2, -0.15) is 0 Å². The van der Waals surface area contributed by atoms with E-state index < -0.39 is 0 Å². The van der Waals surface area contributed by atoms with Crippen LogP contribution >= 0.6 is 11.3 Å². The quantitative estimate of drug-likeness (QED) is 0.659. The average molecular weight is 149 g/mol. The Kier molecular flexibility index (Phi) is 1.29. The van der Waals surface area contributed by atoms with Gasteiger partial charge in [-0.25, -0.2) is 4.98 Å². The number of hydrogen-bond donors (Lipinski definition) is 1. The van der Waals surface area contributed by atoms with Crippen molar-refractivity contribution in [1.29, 1.82) is 0 Å². The molecule has 0 unspecified atom stereocenters. The number of hydrogen-bond acceptors (Lipinski definition) is 2. The lowest BCUT2D eigenvalue weighted by Gasteiger charge is -1.82. The predicted molar refractivity (Wildman–Crippen MR) is 40.7 cm³/mol. The summed E-state index contributed by atoms with van der Waals surface area (Å²) in [7, 11) is 0. The van der Waals surface area contributed by atoms with Gasteiger partial charge in [0.15, 0.2) is 0 Å². The molecule has 1 N–H and O–H groups in total. The summed E-state index contributed by atoms with van der Waals surface area (Å²) in [5.74, 6) is 0. The average Bonchev–Trinajstić information content (AvgIpc) is 2.59. The summed E-state index contributed by atoms with van der Waals surface area (Å²) in [4.78, 5) is 6.99. The molecule has 2 rings (SSSR count). The Bertz CT molecular complexity index is 251. The van der Waals surface area contributed by atoms with E-state index in [-0.39, 0.29) is 0 Å². The maximum Gasteiger partial charge on any atom is 0.125 e. The molecule has 0 aliphatic heterocycles. The van der Waals surface area contributed by atoms with E-state index in [4.69, 9.17) is 0 Å². The first kappa shape index (κ1) is 5.68. The smallest absolute Gasteiger partial charge is 0.125 e. The van der Waals surface area contributed by atoms with Crippen molar-refractivity contribution in [2.75, 3.05) is 0 Å². The van der Waals surface area contributed by atoms with Crippen molar-refractivity contribution in [3.63, 3.8) is 0 Å². The lowest BCUT2D eigenvalue weighted by molar-refractivity contribution is 1.38. The Morgan fingerprint density at radius 1 is 1.60 bits per heavy atom. The van der Waals surface area contributed by atoms with Crippen LogP contribution in [-0.4, -0.2) is 9.97 Å². The highest BCUT2D eigenvalue weighted by atomic mass is 32.1. The Morgan fingerprint density at radius 2 is 2.60 bits per heavy atom. The Hall–Kier alpha value is -1.09. The molecule has 2 heterocycles. The zero-order valence-corrected chi connectivity index (χ0v) is 5.98. The van der Waals surface area contributed by atoms with Crippen molar-refractivity contribution in [3.8, 4) is 10.6 Å². The van der Waals surface area contributed by atoms with Crippen LogP contribution < -0.4 is 0 Å². The van der Waals surface area contributed by atoms with Crippen LogP contribution in [-0.2, 0) is 0 Å².